The number of hydrogen-bond donors (Lipinski definition) is 0. The Morgan fingerprint density at radius 2 is 1.60 bits per heavy atom. The molecule has 6 heteroatoms. The number of carbonyl (C=O) groups excluding carboxylic acids is 2. The van der Waals surface area contributed by atoms with Gasteiger partial charge >= 0.3 is 5.97 Å². The van der Waals surface area contributed by atoms with E-state index in [1.807, 2.05) is 55.5 Å². The maximum Gasteiger partial charge on any atom is 0.331 e. The lowest BCUT2D eigenvalue weighted by atomic mass is 9.97. The molecule has 6 nitrogen and oxygen atoms in total. The van der Waals surface area contributed by atoms with Crippen molar-refractivity contribution in [3.63, 3.8) is 0 Å². The Kier molecular flexibility index (Phi) is 7.42. The quantitative estimate of drug-likeness (QED) is 0.0982. The normalized spacial score (nSPS) is 11.8. The summed E-state index contributed by atoms with van der Waals surface area (Å²) in [6.45, 7) is 6.78. The number of oxime groups is 1. The van der Waals surface area contributed by atoms with Crippen LogP contribution in [0.25, 0.3) is 21.8 Å². The smallest absolute Gasteiger partial charge is 0.331 e. The minimum atomic E-state index is -0.461. The molecule has 0 aliphatic carbocycles. The first-order chi connectivity index (χ1) is 16.9. The monoisotopic (exact) mass is 470 g/mol. The van der Waals surface area contributed by atoms with E-state index in [-0.39, 0.29) is 5.78 Å². The maximum atomic E-state index is 13.3. The molecule has 0 radical (unpaired) electrons. The summed E-state index contributed by atoms with van der Waals surface area (Å²) < 4.78 is 7.42. The summed E-state index contributed by atoms with van der Waals surface area (Å²) in [5, 5.41) is 6.16. The van der Waals surface area contributed by atoms with Crippen molar-refractivity contribution in [2.24, 2.45) is 5.16 Å². The lowest BCUT2D eigenvalue weighted by Gasteiger charge is -2.07. The topological polar surface area (TPSA) is 69.9 Å². The number of aryl methyl sites for hydroxylation is 2. The maximum absolute atomic E-state index is 13.3. The van der Waals surface area contributed by atoms with Crippen LogP contribution in [0.5, 0.6) is 0 Å². The molecule has 0 amide bonds. The van der Waals surface area contributed by atoms with E-state index in [2.05, 4.69) is 28.8 Å². The van der Waals surface area contributed by atoms with E-state index >= 15 is 0 Å². The summed E-state index contributed by atoms with van der Waals surface area (Å²) in [6.07, 6.45) is 1.36. The van der Waals surface area contributed by atoms with Crippen LogP contribution in [0.15, 0.2) is 65.8 Å². The van der Waals surface area contributed by atoms with Gasteiger partial charge in [0, 0.05) is 65.7 Å². The molecule has 0 saturated heterocycles. The van der Waals surface area contributed by atoms with Crippen molar-refractivity contribution in [2.75, 3.05) is 13.7 Å². The van der Waals surface area contributed by atoms with Crippen molar-refractivity contribution in [1.29, 1.82) is 0 Å². The summed E-state index contributed by atoms with van der Waals surface area (Å²) in [5.74, 6) is -0.451. The second kappa shape index (κ2) is 10.7. The number of carbonyl (C=O) groups is 2. The molecule has 4 aromatic rings. The first-order valence-corrected chi connectivity index (χ1v) is 11.8. The van der Waals surface area contributed by atoms with E-state index in [0.717, 1.165) is 45.9 Å². The summed E-state index contributed by atoms with van der Waals surface area (Å²) in [7, 11) is 1.66. The highest BCUT2D eigenvalue weighted by Gasteiger charge is 2.17. The number of nitrogens with zero attached hydrogens (tertiary/aromatic N) is 2. The van der Waals surface area contributed by atoms with Crippen molar-refractivity contribution in [3.05, 3.63) is 82.9 Å². The fourth-order valence-corrected chi connectivity index (χ4v) is 4.49. The second-order valence-corrected chi connectivity index (χ2v) is 8.57. The van der Waals surface area contributed by atoms with Crippen molar-refractivity contribution < 1.29 is 19.2 Å². The Hall–Kier alpha value is -3.77. The van der Waals surface area contributed by atoms with E-state index < -0.39 is 5.97 Å². The van der Waals surface area contributed by atoms with Crippen LogP contribution >= 0.6 is 0 Å². The Morgan fingerprint density at radius 3 is 2.23 bits per heavy atom. The standard InChI is InChI=1S/C29H30N2O4/c1-5-31-27-14-12-21(26(11-8-16-34-4)30-35-20(3)32)17-24(27)25-18-22(13-15-28(25)31)29(33)23-10-7-6-9-19(23)2/h6-7,9-10,12-15,17-18H,5,8,11,16H2,1-4H3. The molecule has 180 valence electrons. The number of benzene rings is 3. The zero-order valence-electron chi connectivity index (χ0n) is 20.6. The van der Waals surface area contributed by atoms with Gasteiger partial charge in [0.25, 0.3) is 0 Å². The highest BCUT2D eigenvalue weighted by atomic mass is 16.7. The molecule has 0 spiro atoms. The van der Waals surface area contributed by atoms with Gasteiger partial charge in [-0.15, -0.1) is 0 Å². The molecule has 0 saturated carbocycles. The largest absolute Gasteiger partial charge is 0.385 e. The van der Waals surface area contributed by atoms with Crippen molar-refractivity contribution in [2.45, 2.75) is 40.2 Å². The molecule has 0 aliphatic heterocycles. The summed E-state index contributed by atoms with van der Waals surface area (Å²) in [5.41, 5.74) is 6.03. The van der Waals surface area contributed by atoms with Crippen molar-refractivity contribution >= 4 is 39.3 Å². The minimum Gasteiger partial charge on any atom is -0.385 e. The van der Waals surface area contributed by atoms with Gasteiger partial charge in [-0.3, -0.25) is 4.79 Å². The second-order valence-electron chi connectivity index (χ2n) is 8.57. The summed E-state index contributed by atoms with van der Waals surface area (Å²) >= 11 is 0. The van der Waals surface area contributed by atoms with Crippen LogP contribution in [0.1, 0.15) is 53.7 Å². The molecule has 1 aromatic heterocycles. The van der Waals surface area contributed by atoms with Gasteiger partial charge in [0.2, 0.25) is 0 Å². The van der Waals surface area contributed by atoms with Crippen molar-refractivity contribution in [1.82, 2.24) is 4.57 Å². The van der Waals surface area contributed by atoms with E-state index in [1.165, 1.54) is 6.92 Å². The van der Waals surface area contributed by atoms with Gasteiger partial charge in [0.05, 0.1) is 5.71 Å². The molecule has 0 aliphatic rings. The number of fused-ring (bicyclic) bond motifs is 3. The highest BCUT2D eigenvalue weighted by molar-refractivity contribution is 6.16. The molecule has 35 heavy (non-hydrogen) atoms. The molecular formula is C29H30N2O4. The van der Waals surface area contributed by atoms with Crippen LogP contribution in [0, 0.1) is 6.92 Å². The van der Waals surface area contributed by atoms with Crippen LogP contribution < -0.4 is 0 Å². The first kappa shape index (κ1) is 24.4. The van der Waals surface area contributed by atoms with Gasteiger partial charge in [-0.2, -0.15) is 0 Å². The van der Waals surface area contributed by atoms with Crippen LogP contribution in [-0.4, -0.2) is 35.7 Å². The fourth-order valence-electron chi connectivity index (χ4n) is 4.49. The fraction of sp³-hybridized carbons (Fsp3) is 0.276. The lowest BCUT2D eigenvalue weighted by molar-refractivity contribution is -0.140. The minimum absolute atomic E-state index is 0.00947. The summed E-state index contributed by atoms with van der Waals surface area (Å²) in [6, 6.07) is 19.7. The van der Waals surface area contributed by atoms with Crippen LogP contribution in [0.3, 0.4) is 0 Å². The van der Waals surface area contributed by atoms with Crippen LogP contribution in [0.4, 0.5) is 0 Å². The van der Waals surface area contributed by atoms with Gasteiger partial charge in [0.1, 0.15) is 0 Å². The predicted octanol–water partition coefficient (Wildman–Crippen LogP) is 6.05. The third-order valence-electron chi connectivity index (χ3n) is 6.21. The molecular weight excluding hydrogens is 440 g/mol. The molecule has 0 bridgehead atoms. The molecule has 1 heterocycles. The number of ether oxygens (including phenoxy) is 1. The number of rotatable bonds is 9. The van der Waals surface area contributed by atoms with Crippen LogP contribution in [0.2, 0.25) is 0 Å². The van der Waals surface area contributed by atoms with Gasteiger partial charge in [-0.05, 0) is 62.6 Å². The Labute approximate surface area is 205 Å². The van der Waals surface area contributed by atoms with E-state index in [9.17, 15) is 9.59 Å². The van der Waals surface area contributed by atoms with Gasteiger partial charge in [0.15, 0.2) is 5.78 Å². The summed E-state index contributed by atoms with van der Waals surface area (Å²) in [4.78, 5) is 29.7. The first-order valence-electron chi connectivity index (χ1n) is 11.8. The van der Waals surface area contributed by atoms with Gasteiger partial charge in [-0.1, -0.05) is 35.5 Å². The Balaban J connectivity index is 1.85. The SMILES string of the molecule is CCn1c2ccc(C(=O)c3ccccc3C)cc2c2cc(C(CCCOC)=NOC(C)=O)ccc21. The molecule has 4 rings (SSSR count). The highest BCUT2D eigenvalue weighted by Crippen LogP contribution is 2.32. The zero-order valence-corrected chi connectivity index (χ0v) is 20.6. The number of aromatic nitrogens is 1. The molecule has 3 aromatic carbocycles. The molecule has 0 atom stereocenters. The lowest BCUT2D eigenvalue weighted by Crippen LogP contribution is -2.06. The van der Waals surface area contributed by atoms with E-state index in [0.29, 0.717) is 29.9 Å². The predicted molar refractivity (Wildman–Crippen MR) is 139 cm³/mol. The third kappa shape index (κ3) is 5.03. The van der Waals surface area contributed by atoms with Crippen LogP contribution in [-0.2, 0) is 20.9 Å². The average molecular weight is 471 g/mol. The number of methoxy groups -OCH3 is 1. The zero-order chi connectivity index (χ0) is 24.9. The number of ketones is 1. The molecule has 0 fully saturated rings. The van der Waals surface area contributed by atoms with Crippen molar-refractivity contribution in [3.8, 4) is 0 Å². The third-order valence-corrected chi connectivity index (χ3v) is 6.21. The molecule has 0 unspecified atom stereocenters. The molecule has 0 N–H and O–H groups in total. The van der Waals surface area contributed by atoms with E-state index in [1.54, 1.807) is 7.11 Å². The Bertz CT molecular complexity index is 1430. The van der Waals surface area contributed by atoms with E-state index in [4.69, 9.17) is 9.57 Å². The Morgan fingerprint density at radius 1 is 0.943 bits per heavy atom. The average Bonchev–Trinajstić information content (AvgIpc) is 3.18. The van der Waals surface area contributed by atoms with Gasteiger partial charge < -0.3 is 14.1 Å². The number of hydrogen-bond acceptors (Lipinski definition) is 5. The van der Waals surface area contributed by atoms with Gasteiger partial charge in [-0.25, -0.2) is 4.79 Å².